The first-order valence-electron chi connectivity index (χ1n) is 6.56. The molecule has 1 aliphatic rings. The number of hydrogen-bond donors (Lipinski definition) is 1. The average Bonchev–Trinajstić information content (AvgIpc) is 2.35. The molecule has 0 bridgehead atoms. The summed E-state index contributed by atoms with van der Waals surface area (Å²) in [4.78, 5) is 16.3. The van der Waals surface area contributed by atoms with E-state index in [9.17, 15) is 4.79 Å². The van der Waals surface area contributed by atoms with Crippen molar-refractivity contribution in [2.75, 3.05) is 18.5 Å². The Hall–Kier alpha value is -1.36. The van der Waals surface area contributed by atoms with E-state index in [1.165, 1.54) is 0 Å². The van der Waals surface area contributed by atoms with E-state index in [1.807, 2.05) is 0 Å². The summed E-state index contributed by atoms with van der Waals surface area (Å²) in [7, 11) is 0. The maximum Gasteiger partial charge on any atom is 0.293 e. The molecule has 1 unspecified atom stereocenters. The van der Waals surface area contributed by atoms with Crippen molar-refractivity contribution in [1.29, 1.82) is 0 Å². The van der Waals surface area contributed by atoms with Gasteiger partial charge in [-0.1, -0.05) is 13.8 Å². The molecule has 0 aliphatic carbocycles. The first kappa shape index (κ1) is 13.1. The second kappa shape index (κ2) is 6.00. The molecule has 5 nitrogen and oxygen atoms in total. The van der Waals surface area contributed by atoms with Crippen molar-refractivity contribution >= 4 is 5.82 Å². The maximum atomic E-state index is 12.2. The Kier molecular flexibility index (Phi) is 4.36. The molecule has 5 heteroatoms. The van der Waals surface area contributed by atoms with E-state index in [0.717, 1.165) is 26.0 Å². The van der Waals surface area contributed by atoms with Gasteiger partial charge < -0.3 is 14.6 Å². The standard InChI is InChI=1S/C13H21N3O2/c1-10(2)8-16-6-5-14-12(13(16)17)15-11-4-3-7-18-9-11/h5-6,10-11H,3-4,7-9H2,1-2H3,(H,14,15). The quantitative estimate of drug-likeness (QED) is 0.881. The van der Waals surface area contributed by atoms with E-state index in [-0.39, 0.29) is 11.6 Å². The van der Waals surface area contributed by atoms with Gasteiger partial charge in [-0.3, -0.25) is 4.79 Å². The Morgan fingerprint density at radius 3 is 3.11 bits per heavy atom. The van der Waals surface area contributed by atoms with Gasteiger partial charge in [-0.2, -0.15) is 0 Å². The number of ether oxygens (including phenoxy) is 1. The molecule has 100 valence electrons. The number of rotatable bonds is 4. The normalized spacial score (nSPS) is 20.1. The Labute approximate surface area is 107 Å². The van der Waals surface area contributed by atoms with Crippen LogP contribution in [0.5, 0.6) is 0 Å². The minimum absolute atomic E-state index is 0.0447. The molecule has 1 saturated heterocycles. The molecule has 2 rings (SSSR count). The predicted molar refractivity (Wildman–Crippen MR) is 70.8 cm³/mol. The average molecular weight is 251 g/mol. The van der Waals surface area contributed by atoms with Crippen molar-refractivity contribution in [3.8, 4) is 0 Å². The minimum Gasteiger partial charge on any atom is -0.379 e. The summed E-state index contributed by atoms with van der Waals surface area (Å²) in [5, 5.41) is 3.19. The van der Waals surface area contributed by atoms with Crippen LogP contribution in [0.1, 0.15) is 26.7 Å². The fourth-order valence-corrected chi connectivity index (χ4v) is 2.13. The van der Waals surface area contributed by atoms with Crippen molar-refractivity contribution in [2.45, 2.75) is 39.3 Å². The van der Waals surface area contributed by atoms with Gasteiger partial charge in [-0.05, 0) is 18.8 Å². The molecule has 1 aromatic heterocycles. The van der Waals surface area contributed by atoms with E-state index in [0.29, 0.717) is 18.3 Å². The Morgan fingerprint density at radius 1 is 1.61 bits per heavy atom. The zero-order valence-corrected chi connectivity index (χ0v) is 11.1. The van der Waals surface area contributed by atoms with Gasteiger partial charge in [-0.25, -0.2) is 4.98 Å². The van der Waals surface area contributed by atoms with E-state index in [2.05, 4.69) is 24.1 Å². The van der Waals surface area contributed by atoms with Gasteiger partial charge in [0.25, 0.3) is 5.56 Å². The van der Waals surface area contributed by atoms with Crippen molar-refractivity contribution in [2.24, 2.45) is 5.92 Å². The summed E-state index contributed by atoms with van der Waals surface area (Å²) in [5.74, 6) is 0.879. The van der Waals surface area contributed by atoms with Gasteiger partial charge in [0, 0.05) is 25.5 Å². The number of nitrogens with one attached hydrogen (secondary N) is 1. The zero-order chi connectivity index (χ0) is 13.0. The Bertz CT molecular complexity index is 436. The minimum atomic E-state index is -0.0447. The van der Waals surface area contributed by atoms with Crippen molar-refractivity contribution < 1.29 is 4.74 Å². The largest absolute Gasteiger partial charge is 0.379 e. The molecule has 2 heterocycles. The second-order valence-corrected chi connectivity index (χ2v) is 5.19. The lowest BCUT2D eigenvalue weighted by Crippen LogP contribution is -2.34. The first-order chi connectivity index (χ1) is 8.66. The molecule has 0 radical (unpaired) electrons. The molecule has 0 amide bonds. The highest BCUT2D eigenvalue weighted by molar-refractivity contribution is 5.32. The third kappa shape index (κ3) is 3.32. The molecule has 1 aromatic rings. The zero-order valence-electron chi connectivity index (χ0n) is 11.1. The van der Waals surface area contributed by atoms with Crippen LogP contribution in [0.3, 0.4) is 0 Å². The van der Waals surface area contributed by atoms with Crippen LogP contribution in [0.2, 0.25) is 0 Å². The summed E-state index contributed by atoms with van der Waals surface area (Å²) < 4.78 is 7.10. The van der Waals surface area contributed by atoms with Crippen LogP contribution in [0, 0.1) is 5.92 Å². The SMILES string of the molecule is CC(C)Cn1ccnc(NC2CCCOC2)c1=O. The highest BCUT2D eigenvalue weighted by Gasteiger charge is 2.16. The van der Waals surface area contributed by atoms with Crippen molar-refractivity contribution in [1.82, 2.24) is 9.55 Å². The van der Waals surface area contributed by atoms with Gasteiger partial charge in [-0.15, -0.1) is 0 Å². The van der Waals surface area contributed by atoms with Crippen molar-refractivity contribution in [3.05, 3.63) is 22.7 Å². The van der Waals surface area contributed by atoms with Gasteiger partial charge in [0.2, 0.25) is 0 Å². The van der Waals surface area contributed by atoms with Gasteiger partial charge in [0.05, 0.1) is 12.6 Å². The molecule has 0 spiro atoms. The maximum absolute atomic E-state index is 12.2. The van der Waals surface area contributed by atoms with Crippen LogP contribution in [0.25, 0.3) is 0 Å². The van der Waals surface area contributed by atoms with Gasteiger partial charge >= 0.3 is 0 Å². The van der Waals surface area contributed by atoms with Crippen molar-refractivity contribution in [3.63, 3.8) is 0 Å². The lowest BCUT2D eigenvalue weighted by atomic mass is 10.1. The summed E-state index contributed by atoms with van der Waals surface area (Å²) >= 11 is 0. The van der Waals surface area contributed by atoms with E-state index in [1.54, 1.807) is 17.0 Å². The molecule has 18 heavy (non-hydrogen) atoms. The lowest BCUT2D eigenvalue weighted by Gasteiger charge is -2.23. The molecule has 0 saturated carbocycles. The summed E-state index contributed by atoms with van der Waals surface area (Å²) in [6, 6.07) is 0.203. The highest BCUT2D eigenvalue weighted by atomic mass is 16.5. The van der Waals surface area contributed by atoms with Gasteiger partial charge in [0.1, 0.15) is 0 Å². The monoisotopic (exact) mass is 251 g/mol. The van der Waals surface area contributed by atoms with E-state index >= 15 is 0 Å². The number of anilines is 1. The van der Waals surface area contributed by atoms with Crippen LogP contribution in [0.15, 0.2) is 17.2 Å². The summed E-state index contributed by atoms with van der Waals surface area (Å²) in [5.41, 5.74) is -0.0447. The number of hydrogen-bond acceptors (Lipinski definition) is 4. The van der Waals surface area contributed by atoms with E-state index in [4.69, 9.17) is 4.74 Å². The molecule has 0 aromatic carbocycles. The molecule has 1 fully saturated rings. The summed E-state index contributed by atoms with van der Waals surface area (Å²) in [6.07, 6.45) is 5.48. The Morgan fingerprint density at radius 2 is 2.44 bits per heavy atom. The highest BCUT2D eigenvalue weighted by Crippen LogP contribution is 2.09. The number of nitrogens with zero attached hydrogens (tertiary/aromatic N) is 2. The van der Waals surface area contributed by atoms with Crippen LogP contribution in [-0.4, -0.2) is 28.8 Å². The molecular weight excluding hydrogens is 230 g/mol. The third-order valence-corrected chi connectivity index (χ3v) is 2.98. The lowest BCUT2D eigenvalue weighted by molar-refractivity contribution is 0.0874. The predicted octanol–water partition coefficient (Wildman–Crippen LogP) is 1.49. The smallest absolute Gasteiger partial charge is 0.293 e. The number of aromatic nitrogens is 2. The topological polar surface area (TPSA) is 56.1 Å². The van der Waals surface area contributed by atoms with Crippen LogP contribution < -0.4 is 10.9 Å². The summed E-state index contributed by atoms with van der Waals surface area (Å²) in [6.45, 7) is 6.37. The molecular formula is C13H21N3O2. The van der Waals surface area contributed by atoms with E-state index < -0.39 is 0 Å². The second-order valence-electron chi connectivity index (χ2n) is 5.19. The first-order valence-corrected chi connectivity index (χ1v) is 6.56. The Balaban J connectivity index is 2.10. The molecule has 1 aliphatic heterocycles. The van der Waals surface area contributed by atoms with Crippen LogP contribution >= 0.6 is 0 Å². The molecule has 1 N–H and O–H groups in total. The van der Waals surface area contributed by atoms with Crippen LogP contribution in [-0.2, 0) is 11.3 Å². The van der Waals surface area contributed by atoms with Gasteiger partial charge in [0.15, 0.2) is 5.82 Å². The fourth-order valence-electron chi connectivity index (χ4n) is 2.13. The molecule has 1 atom stereocenters. The fraction of sp³-hybridized carbons (Fsp3) is 0.692. The third-order valence-electron chi connectivity index (χ3n) is 2.98. The van der Waals surface area contributed by atoms with Crippen LogP contribution in [0.4, 0.5) is 5.82 Å².